The van der Waals surface area contributed by atoms with Crippen molar-refractivity contribution in [3.05, 3.63) is 113 Å². The van der Waals surface area contributed by atoms with Crippen molar-refractivity contribution >= 4 is 41.0 Å². The molecule has 3 heterocycles. The highest BCUT2D eigenvalue weighted by molar-refractivity contribution is 7.07. The number of aromatic nitrogens is 1. The Morgan fingerprint density at radius 1 is 1.21 bits per heavy atom. The fraction of sp³-hybridized carbons (Fsp3) is 0.143. The van der Waals surface area contributed by atoms with Gasteiger partial charge >= 0.3 is 11.9 Å². The molecule has 0 radical (unpaired) electrons. The van der Waals surface area contributed by atoms with Crippen LogP contribution in [0.3, 0.4) is 0 Å². The van der Waals surface area contributed by atoms with Crippen molar-refractivity contribution in [2.24, 2.45) is 4.99 Å². The van der Waals surface area contributed by atoms with Crippen LogP contribution in [0.4, 0.5) is 4.39 Å². The standard InChI is InChI=1S/C28H20ClFN2O6S/c1-3-37-27(36)23-14(2)31-28-32(24(23)15-4-7-17(30)8-5-15)25(33)22(39-28)13-18-9-11-21(38-18)19-12-16(26(34)35)6-10-20(19)29/h4-13,24H,3H2,1-2H3,(H,34,35)/b22-13-. The summed E-state index contributed by atoms with van der Waals surface area (Å²) in [6, 6.07) is 12.2. The number of carbonyl (C=O) groups excluding carboxylic acids is 1. The van der Waals surface area contributed by atoms with E-state index >= 15 is 0 Å². The number of hydrogen-bond donors (Lipinski definition) is 1. The van der Waals surface area contributed by atoms with Crippen LogP contribution in [0.5, 0.6) is 0 Å². The predicted molar refractivity (Wildman–Crippen MR) is 143 cm³/mol. The van der Waals surface area contributed by atoms with E-state index in [1.54, 1.807) is 26.0 Å². The van der Waals surface area contributed by atoms with Gasteiger partial charge in [-0.15, -0.1) is 0 Å². The molecule has 11 heteroatoms. The number of nitrogens with zero attached hydrogens (tertiary/aromatic N) is 2. The number of aromatic carboxylic acids is 1. The number of carboxylic acid groups (broad SMARTS) is 1. The zero-order valence-electron chi connectivity index (χ0n) is 20.6. The molecule has 1 unspecified atom stereocenters. The molecular weight excluding hydrogens is 547 g/mol. The van der Waals surface area contributed by atoms with E-state index in [9.17, 15) is 23.9 Å². The third-order valence-corrected chi connectivity index (χ3v) is 7.39. The van der Waals surface area contributed by atoms with Crippen molar-refractivity contribution in [3.63, 3.8) is 0 Å². The van der Waals surface area contributed by atoms with E-state index in [0.29, 0.717) is 38.2 Å². The van der Waals surface area contributed by atoms with Crippen molar-refractivity contribution < 1.29 is 28.2 Å². The summed E-state index contributed by atoms with van der Waals surface area (Å²) in [6.07, 6.45) is 1.54. The van der Waals surface area contributed by atoms with Crippen LogP contribution in [0.15, 0.2) is 80.1 Å². The molecule has 39 heavy (non-hydrogen) atoms. The molecule has 1 aliphatic rings. The summed E-state index contributed by atoms with van der Waals surface area (Å²) in [7, 11) is 0. The average molecular weight is 567 g/mol. The Morgan fingerprint density at radius 3 is 2.64 bits per heavy atom. The number of esters is 1. The predicted octanol–water partition coefficient (Wildman–Crippen LogP) is 4.55. The van der Waals surface area contributed by atoms with Crippen LogP contribution >= 0.6 is 22.9 Å². The number of fused-ring (bicyclic) bond motifs is 1. The second-order valence-corrected chi connectivity index (χ2v) is 9.97. The van der Waals surface area contributed by atoms with Gasteiger partial charge in [-0.25, -0.2) is 19.0 Å². The van der Waals surface area contributed by atoms with E-state index in [1.807, 2.05) is 0 Å². The summed E-state index contributed by atoms with van der Waals surface area (Å²) >= 11 is 7.37. The number of thiazole rings is 1. The van der Waals surface area contributed by atoms with Crippen LogP contribution in [0.1, 0.15) is 41.6 Å². The smallest absolute Gasteiger partial charge is 0.338 e. The van der Waals surface area contributed by atoms with Crippen molar-refractivity contribution in [3.8, 4) is 11.3 Å². The molecule has 0 spiro atoms. The maximum absolute atomic E-state index is 13.7. The van der Waals surface area contributed by atoms with Crippen LogP contribution in [-0.2, 0) is 9.53 Å². The summed E-state index contributed by atoms with van der Waals surface area (Å²) in [4.78, 5) is 42.8. The third-order valence-electron chi connectivity index (χ3n) is 6.08. The van der Waals surface area contributed by atoms with Gasteiger partial charge < -0.3 is 14.3 Å². The van der Waals surface area contributed by atoms with Gasteiger partial charge in [-0.3, -0.25) is 9.36 Å². The number of benzene rings is 2. The summed E-state index contributed by atoms with van der Waals surface area (Å²) in [5.41, 5.74) is 1.12. The number of allylic oxidation sites excluding steroid dienone is 1. The van der Waals surface area contributed by atoms with Gasteiger partial charge in [0.1, 0.15) is 17.3 Å². The number of ether oxygens (including phenoxy) is 1. The molecule has 2 aromatic carbocycles. The molecule has 0 saturated carbocycles. The Kier molecular flexibility index (Phi) is 7.07. The molecule has 0 amide bonds. The lowest BCUT2D eigenvalue weighted by atomic mass is 9.96. The monoisotopic (exact) mass is 566 g/mol. The molecule has 0 bridgehead atoms. The quantitative estimate of drug-likeness (QED) is 0.343. The second-order valence-electron chi connectivity index (χ2n) is 8.56. The highest BCUT2D eigenvalue weighted by atomic mass is 35.5. The van der Waals surface area contributed by atoms with Crippen molar-refractivity contribution in [2.75, 3.05) is 6.61 Å². The Morgan fingerprint density at radius 2 is 1.95 bits per heavy atom. The van der Waals surface area contributed by atoms with Crippen molar-refractivity contribution in [1.82, 2.24) is 4.57 Å². The number of halogens is 2. The molecule has 0 saturated heterocycles. The van der Waals surface area contributed by atoms with E-state index in [0.717, 1.165) is 11.3 Å². The lowest BCUT2D eigenvalue weighted by Crippen LogP contribution is -2.39. The lowest BCUT2D eigenvalue weighted by molar-refractivity contribution is -0.139. The van der Waals surface area contributed by atoms with E-state index in [2.05, 4.69) is 4.99 Å². The summed E-state index contributed by atoms with van der Waals surface area (Å²) in [5, 5.41) is 9.61. The van der Waals surface area contributed by atoms with Crippen molar-refractivity contribution in [1.29, 1.82) is 0 Å². The first-order valence-corrected chi connectivity index (χ1v) is 13.0. The first-order chi connectivity index (χ1) is 18.7. The average Bonchev–Trinajstić information content (AvgIpc) is 3.48. The van der Waals surface area contributed by atoms with Gasteiger partial charge in [-0.1, -0.05) is 35.1 Å². The fourth-order valence-corrected chi connectivity index (χ4v) is 5.54. The van der Waals surface area contributed by atoms with E-state index in [1.165, 1.54) is 53.1 Å². The van der Waals surface area contributed by atoms with Gasteiger partial charge in [0.2, 0.25) is 0 Å². The molecule has 1 aliphatic heterocycles. The summed E-state index contributed by atoms with van der Waals surface area (Å²) < 4.78 is 26.5. The van der Waals surface area contributed by atoms with Crippen LogP contribution in [0, 0.1) is 5.82 Å². The molecule has 2 aromatic heterocycles. The van der Waals surface area contributed by atoms with Crippen LogP contribution < -0.4 is 14.9 Å². The highest BCUT2D eigenvalue weighted by Gasteiger charge is 2.33. The first kappa shape index (κ1) is 26.3. The van der Waals surface area contributed by atoms with Crippen LogP contribution in [-0.4, -0.2) is 28.2 Å². The number of carbonyl (C=O) groups is 2. The molecule has 4 aromatic rings. The fourth-order valence-electron chi connectivity index (χ4n) is 4.30. The first-order valence-electron chi connectivity index (χ1n) is 11.8. The Balaban J connectivity index is 1.62. The molecule has 1 atom stereocenters. The minimum Gasteiger partial charge on any atom is -0.478 e. The number of carboxylic acids is 1. The molecule has 8 nitrogen and oxygen atoms in total. The van der Waals surface area contributed by atoms with Crippen molar-refractivity contribution in [2.45, 2.75) is 19.9 Å². The third kappa shape index (κ3) is 4.96. The van der Waals surface area contributed by atoms with Gasteiger partial charge in [0.25, 0.3) is 5.56 Å². The maximum atomic E-state index is 13.7. The molecule has 1 N–H and O–H groups in total. The van der Waals surface area contributed by atoms with Gasteiger partial charge in [-0.2, -0.15) is 0 Å². The molecule has 0 aliphatic carbocycles. The van der Waals surface area contributed by atoms with Gasteiger partial charge in [0.15, 0.2) is 4.80 Å². The van der Waals surface area contributed by atoms with Crippen LogP contribution in [0.2, 0.25) is 5.02 Å². The van der Waals surface area contributed by atoms with E-state index in [4.69, 9.17) is 20.8 Å². The topological polar surface area (TPSA) is 111 Å². The van der Waals surface area contributed by atoms with Gasteiger partial charge in [0.05, 0.1) is 39.0 Å². The SMILES string of the molecule is CCOC(=O)C1=C(C)N=c2s/c(=C\c3ccc(-c4cc(C(=O)O)ccc4Cl)o3)c(=O)n2C1c1ccc(F)cc1. The molecule has 198 valence electrons. The minimum atomic E-state index is -1.10. The molecule has 5 rings (SSSR count). The minimum absolute atomic E-state index is 0.0502. The largest absolute Gasteiger partial charge is 0.478 e. The maximum Gasteiger partial charge on any atom is 0.338 e. The van der Waals surface area contributed by atoms with Gasteiger partial charge in [-0.05, 0) is 61.9 Å². The van der Waals surface area contributed by atoms with Gasteiger partial charge in [0, 0.05) is 11.6 Å². The van der Waals surface area contributed by atoms with E-state index < -0.39 is 29.4 Å². The normalized spacial score (nSPS) is 15.2. The lowest BCUT2D eigenvalue weighted by Gasteiger charge is -2.24. The highest BCUT2D eigenvalue weighted by Crippen LogP contribution is 2.32. The summed E-state index contributed by atoms with van der Waals surface area (Å²) in [5.74, 6) is -1.52. The Hall–Kier alpha value is -4.28. The second kappa shape index (κ2) is 10.5. The molecular formula is C28H20ClFN2O6S. The summed E-state index contributed by atoms with van der Waals surface area (Å²) in [6.45, 7) is 3.47. The number of furan rings is 1. The zero-order chi connectivity index (χ0) is 27.8. The molecule has 0 fully saturated rings. The number of hydrogen-bond acceptors (Lipinski definition) is 7. The van der Waals surface area contributed by atoms with Crippen LogP contribution in [0.25, 0.3) is 17.4 Å². The van der Waals surface area contributed by atoms with E-state index in [-0.39, 0.29) is 22.3 Å². The number of rotatable bonds is 6. The Bertz CT molecular complexity index is 1830. The zero-order valence-corrected chi connectivity index (χ0v) is 22.2. The Labute approximate surface area is 229 Å².